The van der Waals surface area contributed by atoms with Crippen molar-refractivity contribution >= 4 is 11.7 Å². The van der Waals surface area contributed by atoms with Gasteiger partial charge in [0.2, 0.25) is 0 Å². The van der Waals surface area contributed by atoms with Gasteiger partial charge in [-0.25, -0.2) is 0 Å². The van der Waals surface area contributed by atoms with Gasteiger partial charge in [0, 0.05) is 12.2 Å². The van der Waals surface area contributed by atoms with Crippen molar-refractivity contribution in [1.82, 2.24) is 5.32 Å². The Morgan fingerprint density at radius 1 is 1.44 bits per heavy atom. The molecule has 0 saturated heterocycles. The van der Waals surface area contributed by atoms with Gasteiger partial charge in [0.1, 0.15) is 0 Å². The first-order valence-electron chi connectivity index (χ1n) is 8.56. The van der Waals surface area contributed by atoms with Gasteiger partial charge in [0.05, 0.1) is 12.1 Å². The standard InChI is InChI=1S/C18H25F3N2O2/c1-11(8-22-10-17(24)25)3-4-13-9-23-16-6-5-14(18(19,20)21)7-15(16)12(13)2/h5-7,11-13,22-23H,3-4,8-10H2,1-2H3,(H,24,25). The van der Waals surface area contributed by atoms with Gasteiger partial charge in [0.25, 0.3) is 0 Å². The molecule has 7 heteroatoms. The SMILES string of the molecule is CC(CCC1CNc2ccc(C(F)(F)F)cc2C1C)CNCC(=O)O. The molecular weight excluding hydrogens is 333 g/mol. The molecule has 0 amide bonds. The van der Waals surface area contributed by atoms with Gasteiger partial charge in [-0.3, -0.25) is 4.79 Å². The number of rotatable bonds is 7. The monoisotopic (exact) mass is 358 g/mol. The molecule has 0 aromatic heterocycles. The fraction of sp³-hybridized carbons (Fsp3) is 0.611. The van der Waals surface area contributed by atoms with Crippen LogP contribution in [0.4, 0.5) is 18.9 Å². The quantitative estimate of drug-likeness (QED) is 0.691. The van der Waals surface area contributed by atoms with Gasteiger partial charge < -0.3 is 15.7 Å². The number of fused-ring (bicyclic) bond motifs is 1. The Labute approximate surface area is 145 Å². The zero-order chi connectivity index (χ0) is 18.6. The van der Waals surface area contributed by atoms with Crippen molar-refractivity contribution in [2.24, 2.45) is 11.8 Å². The van der Waals surface area contributed by atoms with Gasteiger partial charge in [-0.2, -0.15) is 13.2 Å². The number of carboxylic acids is 1. The number of hydrogen-bond acceptors (Lipinski definition) is 3. The highest BCUT2D eigenvalue weighted by molar-refractivity contribution is 5.68. The van der Waals surface area contributed by atoms with Crippen LogP contribution in [-0.2, 0) is 11.0 Å². The molecule has 25 heavy (non-hydrogen) atoms. The second-order valence-electron chi connectivity index (χ2n) is 6.94. The highest BCUT2D eigenvalue weighted by Gasteiger charge is 2.33. The molecule has 0 spiro atoms. The fourth-order valence-corrected chi connectivity index (χ4v) is 3.33. The number of benzene rings is 1. The van der Waals surface area contributed by atoms with Crippen LogP contribution in [0.2, 0.25) is 0 Å². The number of alkyl halides is 3. The molecule has 1 heterocycles. The topological polar surface area (TPSA) is 61.4 Å². The van der Waals surface area contributed by atoms with Crippen LogP contribution in [0.1, 0.15) is 43.7 Å². The van der Waals surface area contributed by atoms with Gasteiger partial charge >= 0.3 is 12.1 Å². The summed E-state index contributed by atoms with van der Waals surface area (Å²) in [5.74, 6) is -0.250. The van der Waals surface area contributed by atoms with E-state index >= 15 is 0 Å². The molecule has 4 nitrogen and oxygen atoms in total. The molecule has 1 aliphatic rings. The number of halogens is 3. The maximum Gasteiger partial charge on any atom is 0.416 e. The van der Waals surface area contributed by atoms with E-state index in [1.165, 1.54) is 12.1 Å². The normalized spacial score (nSPS) is 21.3. The molecule has 140 valence electrons. The zero-order valence-electron chi connectivity index (χ0n) is 14.5. The Bertz CT molecular complexity index is 604. The lowest BCUT2D eigenvalue weighted by Crippen LogP contribution is -2.29. The summed E-state index contributed by atoms with van der Waals surface area (Å²) in [6, 6.07) is 3.90. The summed E-state index contributed by atoms with van der Waals surface area (Å²) in [5.41, 5.74) is 0.905. The van der Waals surface area contributed by atoms with Crippen LogP contribution in [-0.4, -0.2) is 30.7 Å². The van der Waals surface area contributed by atoms with Gasteiger partial charge in [0.15, 0.2) is 0 Å². The third-order valence-corrected chi connectivity index (χ3v) is 4.93. The molecule has 0 aliphatic carbocycles. The van der Waals surface area contributed by atoms with Crippen LogP contribution < -0.4 is 10.6 Å². The van der Waals surface area contributed by atoms with Crippen molar-refractivity contribution in [2.45, 2.75) is 38.8 Å². The summed E-state index contributed by atoms with van der Waals surface area (Å²) in [6.07, 6.45) is -2.54. The molecule has 0 bridgehead atoms. The molecule has 0 radical (unpaired) electrons. The number of carboxylic acid groups (broad SMARTS) is 1. The van der Waals surface area contributed by atoms with Gasteiger partial charge in [-0.1, -0.05) is 13.8 Å². The van der Waals surface area contributed by atoms with E-state index in [2.05, 4.69) is 10.6 Å². The van der Waals surface area contributed by atoms with Gasteiger partial charge in [-0.15, -0.1) is 0 Å². The lowest BCUT2D eigenvalue weighted by atomic mass is 9.79. The third-order valence-electron chi connectivity index (χ3n) is 4.93. The Morgan fingerprint density at radius 2 is 2.16 bits per heavy atom. The smallest absolute Gasteiger partial charge is 0.416 e. The molecular formula is C18H25F3N2O2. The lowest BCUT2D eigenvalue weighted by Gasteiger charge is -2.33. The maximum absolute atomic E-state index is 12.9. The minimum absolute atomic E-state index is 0.0535. The first-order chi connectivity index (χ1) is 11.7. The number of aliphatic carboxylic acids is 1. The average Bonchev–Trinajstić information content (AvgIpc) is 2.53. The van der Waals surface area contributed by atoms with Crippen molar-refractivity contribution in [3.63, 3.8) is 0 Å². The van der Waals surface area contributed by atoms with Crippen LogP contribution in [0.3, 0.4) is 0 Å². The van der Waals surface area contributed by atoms with Gasteiger partial charge in [-0.05, 0) is 60.9 Å². The summed E-state index contributed by atoms with van der Waals surface area (Å²) in [6.45, 7) is 5.34. The number of hydrogen-bond donors (Lipinski definition) is 3. The van der Waals surface area contributed by atoms with E-state index in [4.69, 9.17) is 5.11 Å². The van der Waals surface area contributed by atoms with Crippen LogP contribution in [0.25, 0.3) is 0 Å². The van der Waals surface area contributed by atoms with E-state index in [1.807, 2.05) is 13.8 Å². The summed E-state index contributed by atoms with van der Waals surface area (Å²) in [4.78, 5) is 10.5. The average molecular weight is 358 g/mol. The van der Waals surface area contributed by atoms with E-state index in [1.54, 1.807) is 0 Å². The number of carbonyl (C=O) groups is 1. The Morgan fingerprint density at radius 3 is 2.80 bits per heavy atom. The highest BCUT2D eigenvalue weighted by Crippen LogP contribution is 2.40. The molecule has 3 unspecified atom stereocenters. The predicted molar refractivity (Wildman–Crippen MR) is 90.7 cm³/mol. The third kappa shape index (κ3) is 5.36. The molecule has 0 saturated carbocycles. The van der Waals surface area contributed by atoms with Crippen LogP contribution in [0, 0.1) is 11.8 Å². The largest absolute Gasteiger partial charge is 0.480 e. The van der Waals surface area contributed by atoms with Crippen molar-refractivity contribution in [1.29, 1.82) is 0 Å². The van der Waals surface area contributed by atoms with E-state index < -0.39 is 17.7 Å². The number of nitrogens with one attached hydrogen (secondary N) is 2. The molecule has 2 rings (SSSR count). The molecule has 3 N–H and O–H groups in total. The van der Waals surface area contributed by atoms with Crippen molar-refractivity contribution in [2.75, 3.05) is 25.0 Å². The van der Waals surface area contributed by atoms with E-state index in [-0.39, 0.29) is 18.4 Å². The van der Waals surface area contributed by atoms with E-state index in [0.717, 1.165) is 36.7 Å². The number of anilines is 1. The zero-order valence-corrected chi connectivity index (χ0v) is 14.5. The molecule has 1 aliphatic heterocycles. The molecule has 0 fully saturated rings. The minimum Gasteiger partial charge on any atom is -0.480 e. The van der Waals surface area contributed by atoms with E-state index in [9.17, 15) is 18.0 Å². The molecule has 1 aromatic rings. The van der Waals surface area contributed by atoms with E-state index in [0.29, 0.717) is 12.5 Å². The fourth-order valence-electron chi connectivity index (χ4n) is 3.33. The van der Waals surface area contributed by atoms with Crippen molar-refractivity contribution < 1.29 is 23.1 Å². The molecule has 3 atom stereocenters. The summed E-state index contributed by atoms with van der Waals surface area (Å²) < 4.78 is 38.8. The van der Waals surface area contributed by atoms with Crippen LogP contribution >= 0.6 is 0 Å². The summed E-state index contributed by atoms with van der Waals surface area (Å²) >= 11 is 0. The second-order valence-corrected chi connectivity index (χ2v) is 6.94. The van der Waals surface area contributed by atoms with Crippen molar-refractivity contribution in [3.05, 3.63) is 29.3 Å². The minimum atomic E-state index is -4.33. The highest BCUT2D eigenvalue weighted by atomic mass is 19.4. The second kappa shape index (κ2) is 8.08. The Hall–Kier alpha value is -1.76. The summed E-state index contributed by atoms with van der Waals surface area (Å²) in [7, 11) is 0. The summed E-state index contributed by atoms with van der Waals surface area (Å²) in [5, 5.41) is 14.7. The predicted octanol–water partition coefficient (Wildman–Crippen LogP) is 3.94. The first-order valence-corrected chi connectivity index (χ1v) is 8.56. The van der Waals surface area contributed by atoms with Crippen LogP contribution in [0.5, 0.6) is 0 Å². The Kier molecular flexibility index (Phi) is 6.32. The Balaban J connectivity index is 1.94. The van der Waals surface area contributed by atoms with Crippen LogP contribution in [0.15, 0.2) is 18.2 Å². The van der Waals surface area contributed by atoms with Crippen molar-refractivity contribution in [3.8, 4) is 0 Å². The lowest BCUT2D eigenvalue weighted by molar-refractivity contribution is -0.138. The molecule has 1 aromatic carbocycles. The maximum atomic E-state index is 12.9. The first kappa shape index (κ1) is 19.6.